The van der Waals surface area contributed by atoms with Crippen molar-refractivity contribution < 1.29 is 43.0 Å². The third-order valence-corrected chi connectivity index (χ3v) is 6.29. The number of aliphatic hydroxyl groups excluding tert-OH is 1. The number of aliphatic hydroxyl groups is 1. The number of unbranched alkanes of at least 4 members (excludes halogenated alkanes) is 13. The summed E-state index contributed by atoms with van der Waals surface area (Å²) in [4.78, 5) is 31.7. The van der Waals surface area contributed by atoms with Crippen molar-refractivity contribution in [2.45, 2.75) is 115 Å². The Morgan fingerprint density at radius 1 is 0.794 bits per heavy atom. The fraction of sp³-hybridized carbons (Fsp3) is 0.913. The summed E-state index contributed by atoms with van der Waals surface area (Å²) in [5.41, 5.74) is 5.15. The van der Waals surface area contributed by atoms with Gasteiger partial charge >= 0.3 is 19.8 Å². The van der Waals surface area contributed by atoms with Crippen molar-refractivity contribution >= 4 is 19.8 Å². The highest BCUT2D eigenvalue weighted by atomic mass is 31.2. The van der Waals surface area contributed by atoms with Crippen molar-refractivity contribution in [3.63, 3.8) is 0 Å². The van der Waals surface area contributed by atoms with Crippen LogP contribution in [0.3, 0.4) is 0 Å². The third-order valence-electron chi connectivity index (χ3n) is 5.34. The Balaban J connectivity index is 3.57. The number of hydrogen-bond acceptors (Lipinski definition) is 8. The molecule has 1 unspecified atom stereocenters. The van der Waals surface area contributed by atoms with Crippen LogP contribution >= 0.6 is 7.82 Å². The Bertz CT molecular complexity index is 577. The molecule has 0 heterocycles. The zero-order valence-electron chi connectivity index (χ0n) is 20.7. The number of phosphoric ester groups is 1. The van der Waals surface area contributed by atoms with Crippen molar-refractivity contribution in [3.8, 4) is 0 Å². The molecule has 0 bridgehead atoms. The summed E-state index contributed by atoms with van der Waals surface area (Å²) in [6.07, 6.45) is 16.1. The Hall–Kier alpha value is -1.03. The molecule has 0 amide bonds. The maximum absolute atomic E-state index is 11.7. The molecule has 0 aromatic carbocycles. The largest absolute Gasteiger partial charge is 0.480 e. The quantitative estimate of drug-likeness (QED) is 0.0833. The summed E-state index contributed by atoms with van der Waals surface area (Å²) in [6, 6.07) is -1.48. The normalized spacial score (nSPS) is 14.9. The van der Waals surface area contributed by atoms with Crippen molar-refractivity contribution in [3.05, 3.63) is 0 Å². The fourth-order valence-corrected chi connectivity index (χ4v) is 4.02. The van der Waals surface area contributed by atoms with Gasteiger partial charge in [-0.25, -0.2) is 4.57 Å². The van der Waals surface area contributed by atoms with E-state index in [2.05, 4.69) is 16.0 Å². The van der Waals surface area contributed by atoms with Gasteiger partial charge in [-0.2, -0.15) is 0 Å². The number of phosphoric acid groups is 1. The van der Waals surface area contributed by atoms with E-state index in [1.165, 1.54) is 70.6 Å². The second kappa shape index (κ2) is 21.3. The highest BCUT2D eigenvalue weighted by Gasteiger charge is 2.26. The molecule has 5 N–H and O–H groups in total. The van der Waals surface area contributed by atoms with Gasteiger partial charge in [0.1, 0.15) is 18.8 Å². The molecule has 0 aliphatic rings. The van der Waals surface area contributed by atoms with Crippen molar-refractivity contribution in [2.24, 2.45) is 5.73 Å². The molecule has 0 spiro atoms. The van der Waals surface area contributed by atoms with Crippen LogP contribution in [0.5, 0.6) is 0 Å². The number of nitrogens with two attached hydrogens (primary N) is 1. The number of carbonyl (C=O) groups excluding carboxylic acids is 1. The van der Waals surface area contributed by atoms with Crippen LogP contribution in [-0.2, 0) is 27.9 Å². The number of rotatable bonds is 24. The van der Waals surface area contributed by atoms with Gasteiger partial charge in [0, 0.05) is 6.42 Å². The molecule has 0 saturated carbocycles. The van der Waals surface area contributed by atoms with Gasteiger partial charge in [-0.1, -0.05) is 90.4 Å². The van der Waals surface area contributed by atoms with E-state index in [0.29, 0.717) is 6.42 Å². The molecule has 11 heteroatoms. The average Bonchev–Trinajstić information content (AvgIpc) is 2.80. The molecule has 0 aromatic heterocycles. The highest BCUT2D eigenvalue weighted by Crippen LogP contribution is 2.43. The summed E-state index contributed by atoms with van der Waals surface area (Å²) in [7, 11) is -4.58. The monoisotopic (exact) mass is 511 g/mol. The maximum atomic E-state index is 11.7. The Kier molecular flexibility index (Phi) is 20.6. The number of carboxylic acids is 1. The second-order valence-electron chi connectivity index (χ2n) is 8.69. The molecule has 10 nitrogen and oxygen atoms in total. The first-order valence-corrected chi connectivity index (χ1v) is 14.1. The molecule has 0 aliphatic heterocycles. The van der Waals surface area contributed by atoms with E-state index in [1.807, 2.05) is 0 Å². The van der Waals surface area contributed by atoms with Crippen molar-refractivity contribution in [2.75, 3.05) is 19.8 Å². The van der Waals surface area contributed by atoms with E-state index in [9.17, 15) is 24.2 Å². The second-order valence-corrected chi connectivity index (χ2v) is 10.1. The first-order chi connectivity index (χ1) is 16.2. The van der Waals surface area contributed by atoms with Crippen molar-refractivity contribution in [1.82, 2.24) is 0 Å². The molecule has 0 saturated heterocycles. The Morgan fingerprint density at radius 2 is 1.24 bits per heavy atom. The van der Waals surface area contributed by atoms with Gasteiger partial charge in [0.15, 0.2) is 0 Å². The minimum absolute atomic E-state index is 0.250. The molecule has 0 fully saturated rings. The molecule has 202 valence electrons. The maximum Gasteiger partial charge on any atom is 0.472 e. The lowest BCUT2D eigenvalue weighted by molar-refractivity contribution is -0.147. The van der Waals surface area contributed by atoms with Crippen LogP contribution in [0.1, 0.15) is 103 Å². The summed E-state index contributed by atoms with van der Waals surface area (Å²) in [6.45, 7) is 0.503. The topological polar surface area (TPSA) is 166 Å². The zero-order chi connectivity index (χ0) is 25.7. The van der Waals surface area contributed by atoms with Crippen LogP contribution in [0.4, 0.5) is 0 Å². The standard InChI is InChI=1S/C23H46NO9P/c1-2-3-4-5-6-7-8-9-10-11-12-13-14-15-16-22(26)31-17-20(25)18-32-34(29,30)33-19-21(24)23(27)28/h20-21,25H,2-19,24H2,1H3,(H,27,28)(H,29,30)/t20-,21+/m1/s1. The Labute approximate surface area is 204 Å². The first-order valence-electron chi connectivity index (χ1n) is 12.6. The van der Waals surface area contributed by atoms with Crippen LogP contribution in [0.2, 0.25) is 0 Å². The lowest BCUT2D eigenvalue weighted by Crippen LogP contribution is -2.34. The molecule has 34 heavy (non-hydrogen) atoms. The van der Waals surface area contributed by atoms with Gasteiger partial charge in [-0.15, -0.1) is 0 Å². The fourth-order valence-electron chi connectivity index (χ4n) is 3.24. The predicted molar refractivity (Wildman–Crippen MR) is 129 cm³/mol. The number of ether oxygens (including phenoxy) is 1. The predicted octanol–water partition coefficient (Wildman–Crippen LogP) is 4.31. The van der Waals surface area contributed by atoms with Gasteiger partial charge in [0.25, 0.3) is 0 Å². The molecule has 0 aliphatic carbocycles. The van der Waals surface area contributed by atoms with E-state index >= 15 is 0 Å². The number of hydrogen-bond donors (Lipinski definition) is 4. The minimum Gasteiger partial charge on any atom is -0.480 e. The average molecular weight is 512 g/mol. The van der Waals surface area contributed by atoms with Crippen LogP contribution in [-0.4, -0.2) is 59.0 Å². The SMILES string of the molecule is CCCCCCCCCCCCCCCCC(=O)OC[C@@H](O)COP(=O)(O)OC[C@H](N)C(=O)O. The summed E-state index contributed by atoms with van der Waals surface area (Å²) < 4.78 is 25.5. The van der Waals surface area contributed by atoms with E-state index in [1.54, 1.807) is 0 Å². The van der Waals surface area contributed by atoms with Gasteiger partial charge in [-0.05, 0) is 6.42 Å². The van der Waals surface area contributed by atoms with Crippen molar-refractivity contribution in [1.29, 1.82) is 0 Å². The molecular formula is C23H46NO9P. The molecule has 3 atom stereocenters. The van der Waals surface area contributed by atoms with Gasteiger partial charge in [-0.3, -0.25) is 18.6 Å². The Morgan fingerprint density at radius 3 is 1.71 bits per heavy atom. The van der Waals surface area contributed by atoms with Gasteiger partial charge in [0.05, 0.1) is 13.2 Å². The number of esters is 1. The molecule has 0 rings (SSSR count). The smallest absolute Gasteiger partial charge is 0.472 e. The van der Waals surface area contributed by atoms with Crippen LogP contribution in [0.25, 0.3) is 0 Å². The number of carboxylic acid groups (broad SMARTS) is 1. The van der Waals surface area contributed by atoms with E-state index < -0.39 is 45.1 Å². The zero-order valence-corrected chi connectivity index (χ0v) is 21.6. The van der Waals surface area contributed by atoms with E-state index in [4.69, 9.17) is 15.6 Å². The lowest BCUT2D eigenvalue weighted by atomic mass is 10.0. The molecular weight excluding hydrogens is 465 g/mol. The number of aliphatic carboxylic acids is 1. The number of carbonyl (C=O) groups is 2. The lowest BCUT2D eigenvalue weighted by Gasteiger charge is -2.16. The van der Waals surface area contributed by atoms with Crippen LogP contribution in [0.15, 0.2) is 0 Å². The van der Waals surface area contributed by atoms with Crippen LogP contribution in [0, 0.1) is 0 Å². The molecule has 0 radical (unpaired) electrons. The van der Waals surface area contributed by atoms with Gasteiger partial charge < -0.3 is 25.6 Å². The summed E-state index contributed by atoms with van der Waals surface area (Å²) in [5, 5.41) is 18.3. The summed E-state index contributed by atoms with van der Waals surface area (Å²) >= 11 is 0. The summed E-state index contributed by atoms with van der Waals surface area (Å²) in [5.74, 6) is -1.85. The third kappa shape index (κ3) is 21.5. The highest BCUT2D eigenvalue weighted by molar-refractivity contribution is 7.47. The molecule has 0 aromatic rings. The van der Waals surface area contributed by atoms with E-state index in [0.717, 1.165) is 12.8 Å². The minimum atomic E-state index is -4.58. The van der Waals surface area contributed by atoms with Crippen LogP contribution < -0.4 is 5.73 Å². The van der Waals surface area contributed by atoms with Gasteiger partial charge in [0.2, 0.25) is 0 Å². The first kappa shape index (κ1) is 33.0. The van der Waals surface area contributed by atoms with E-state index in [-0.39, 0.29) is 13.0 Å².